The van der Waals surface area contributed by atoms with Gasteiger partial charge in [-0.1, -0.05) is 30.3 Å². The van der Waals surface area contributed by atoms with E-state index in [0.717, 1.165) is 25.1 Å². The molecule has 0 radical (unpaired) electrons. The molecule has 2 N–H and O–H groups in total. The highest BCUT2D eigenvalue weighted by atomic mass is 16.5. The second kappa shape index (κ2) is 5.80. The molecule has 4 heteroatoms. The standard InChI is InChI=1S/C13H18N2O2/c1-17-12(10-5-3-2-4-6-10)13(16)15-11-7-8-14-9-11/h2-6,11-12,14H,7-9H2,1H3,(H,15,16)/t11-,12?/m1/s1. The Hall–Kier alpha value is -1.39. The average molecular weight is 234 g/mol. The van der Waals surface area contributed by atoms with Gasteiger partial charge in [0.25, 0.3) is 5.91 Å². The molecule has 1 amide bonds. The van der Waals surface area contributed by atoms with E-state index in [1.807, 2.05) is 30.3 Å². The Kier molecular flexibility index (Phi) is 4.12. The molecule has 1 aliphatic rings. The van der Waals surface area contributed by atoms with E-state index in [1.54, 1.807) is 7.11 Å². The van der Waals surface area contributed by atoms with Gasteiger partial charge in [0.2, 0.25) is 0 Å². The topological polar surface area (TPSA) is 50.4 Å². The van der Waals surface area contributed by atoms with Gasteiger partial charge < -0.3 is 15.4 Å². The van der Waals surface area contributed by atoms with E-state index in [9.17, 15) is 4.79 Å². The minimum Gasteiger partial charge on any atom is -0.367 e. The van der Waals surface area contributed by atoms with Crippen molar-refractivity contribution in [2.24, 2.45) is 0 Å². The Morgan fingerprint density at radius 3 is 2.82 bits per heavy atom. The molecule has 1 aromatic rings. The van der Waals surface area contributed by atoms with Crippen LogP contribution in [0.1, 0.15) is 18.1 Å². The van der Waals surface area contributed by atoms with E-state index in [1.165, 1.54) is 0 Å². The summed E-state index contributed by atoms with van der Waals surface area (Å²) in [5.74, 6) is -0.0626. The highest BCUT2D eigenvalue weighted by molar-refractivity contribution is 5.82. The largest absolute Gasteiger partial charge is 0.367 e. The average Bonchev–Trinajstić information content (AvgIpc) is 2.84. The van der Waals surface area contributed by atoms with Crippen molar-refractivity contribution in [3.8, 4) is 0 Å². The summed E-state index contributed by atoms with van der Waals surface area (Å²) < 4.78 is 5.28. The van der Waals surface area contributed by atoms with Crippen LogP contribution in [0.2, 0.25) is 0 Å². The van der Waals surface area contributed by atoms with Crippen LogP contribution in [0, 0.1) is 0 Å². The number of ether oxygens (including phenoxy) is 1. The van der Waals surface area contributed by atoms with Crippen molar-refractivity contribution in [1.29, 1.82) is 0 Å². The Morgan fingerprint density at radius 2 is 2.24 bits per heavy atom. The number of hydrogen-bond acceptors (Lipinski definition) is 3. The van der Waals surface area contributed by atoms with E-state index in [4.69, 9.17) is 4.74 Å². The van der Waals surface area contributed by atoms with Gasteiger partial charge >= 0.3 is 0 Å². The molecule has 1 aromatic carbocycles. The zero-order valence-corrected chi connectivity index (χ0v) is 9.98. The van der Waals surface area contributed by atoms with Crippen LogP contribution in [-0.4, -0.2) is 32.1 Å². The van der Waals surface area contributed by atoms with Crippen molar-refractivity contribution in [1.82, 2.24) is 10.6 Å². The van der Waals surface area contributed by atoms with Crippen LogP contribution in [-0.2, 0) is 9.53 Å². The first-order valence-electron chi connectivity index (χ1n) is 5.90. The first-order chi connectivity index (χ1) is 8.31. The molecule has 0 spiro atoms. The van der Waals surface area contributed by atoms with Crippen LogP contribution in [0.3, 0.4) is 0 Å². The minimum absolute atomic E-state index is 0.0626. The molecule has 1 unspecified atom stereocenters. The number of rotatable bonds is 4. The zero-order chi connectivity index (χ0) is 12.1. The molecular formula is C13H18N2O2. The fourth-order valence-electron chi connectivity index (χ4n) is 2.08. The van der Waals surface area contributed by atoms with Gasteiger partial charge in [-0.05, 0) is 18.5 Å². The van der Waals surface area contributed by atoms with E-state index >= 15 is 0 Å². The minimum atomic E-state index is -0.517. The Balaban J connectivity index is 2.00. The summed E-state index contributed by atoms with van der Waals surface area (Å²) in [5, 5.41) is 6.22. The predicted molar refractivity (Wildman–Crippen MR) is 65.6 cm³/mol. The van der Waals surface area contributed by atoms with Crippen LogP contribution in [0.4, 0.5) is 0 Å². The number of carbonyl (C=O) groups is 1. The highest BCUT2D eigenvalue weighted by Crippen LogP contribution is 2.16. The number of nitrogens with one attached hydrogen (secondary N) is 2. The molecule has 2 rings (SSSR count). The van der Waals surface area contributed by atoms with Gasteiger partial charge in [0.1, 0.15) is 0 Å². The molecule has 1 fully saturated rings. The normalized spacial score (nSPS) is 21.1. The van der Waals surface area contributed by atoms with Crippen molar-refractivity contribution in [3.05, 3.63) is 35.9 Å². The molecule has 17 heavy (non-hydrogen) atoms. The summed E-state index contributed by atoms with van der Waals surface area (Å²) >= 11 is 0. The third-order valence-corrected chi connectivity index (χ3v) is 2.98. The third-order valence-electron chi connectivity index (χ3n) is 2.98. The van der Waals surface area contributed by atoms with Gasteiger partial charge in [0.15, 0.2) is 6.10 Å². The van der Waals surface area contributed by atoms with Crippen molar-refractivity contribution in [2.75, 3.05) is 20.2 Å². The van der Waals surface area contributed by atoms with E-state index in [0.29, 0.717) is 0 Å². The molecule has 1 saturated heterocycles. The molecule has 92 valence electrons. The molecule has 0 aromatic heterocycles. The predicted octanol–water partition coefficient (Wildman–Crippen LogP) is 0.852. The molecule has 1 heterocycles. The van der Waals surface area contributed by atoms with Crippen molar-refractivity contribution < 1.29 is 9.53 Å². The van der Waals surface area contributed by atoms with Crippen LogP contribution in [0.15, 0.2) is 30.3 Å². The monoisotopic (exact) mass is 234 g/mol. The quantitative estimate of drug-likeness (QED) is 0.812. The molecule has 2 atom stereocenters. The van der Waals surface area contributed by atoms with Crippen LogP contribution >= 0.6 is 0 Å². The van der Waals surface area contributed by atoms with E-state index in [-0.39, 0.29) is 11.9 Å². The fraction of sp³-hybridized carbons (Fsp3) is 0.462. The summed E-state index contributed by atoms with van der Waals surface area (Å²) in [6, 6.07) is 9.78. The van der Waals surface area contributed by atoms with Crippen LogP contribution in [0.25, 0.3) is 0 Å². The maximum absolute atomic E-state index is 12.1. The number of amides is 1. The van der Waals surface area contributed by atoms with Crippen molar-refractivity contribution >= 4 is 5.91 Å². The fourth-order valence-corrected chi connectivity index (χ4v) is 2.08. The number of benzene rings is 1. The van der Waals surface area contributed by atoms with Gasteiger partial charge in [-0.2, -0.15) is 0 Å². The Morgan fingerprint density at radius 1 is 1.47 bits per heavy atom. The summed E-state index contributed by atoms with van der Waals surface area (Å²) in [5.41, 5.74) is 0.887. The smallest absolute Gasteiger partial charge is 0.254 e. The van der Waals surface area contributed by atoms with Crippen molar-refractivity contribution in [2.45, 2.75) is 18.6 Å². The van der Waals surface area contributed by atoms with E-state index in [2.05, 4.69) is 10.6 Å². The Bertz CT molecular complexity index is 361. The summed E-state index contributed by atoms with van der Waals surface area (Å²) in [6.07, 6.45) is 0.466. The SMILES string of the molecule is COC(C(=O)N[C@@H]1CCNC1)c1ccccc1. The lowest BCUT2D eigenvalue weighted by Gasteiger charge is -2.18. The van der Waals surface area contributed by atoms with Crippen molar-refractivity contribution in [3.63, 3.8) is 0 Å². The third kappa shape index (κ3) is 3.05. The van der Waals surface area contributed by atoms with Gasteiger partial charge in [0, 0.05) is 19.7 Å². The maximum atomic E-state index is 12.1. The molecule has 4 nitrogen and oxygen atoms in total. The van der Waals surface area contributed by atoms with Gasteiger partial charge in [-0.15, -0.1) is 0 Å². The lowest BCUT2D eigenvalue weighted by Crippen LogP contribution is -2.39. The Labute approximate surface area is 101 Å². The molecule has 0 aliphatic carbocycles. The maximum Gasteiger partial charge on any atom is 0.254 e. The van der Waals surface area contributed by atoms with Gasteiger partial charge in [-0.3, -0.25) is 4.79 Å². The van der Waals surface area contributed by atoms with Crippen LogP contribution in [0.5, 0.6) is 0 Å². The number of hydrogen-bond donors (Lipinski definition) is 2. The molecule has 0 bridgehead atoms. The first-order valence-corrected chi connectivity index (χ1v) is 5.90. The summed E-state index contributed by atoms with van der Waals surface area (Å²) in [6.45, 7) is 1.81. The summed E-state index contributed by atoms with van der Waals surface area (Å²) in [4.78, 5) is 12.1. The molecule has 0 saturated carbocycles. The first kappa shape index (κ1) is 12.1. The van der Waals surface area contributed by atoms with Crippen LogP contribution < -0.4 is 10.6 Å². The second-order valence-corrected chi connectivity index (χ2v) is 4.22. The zero-order valence-electron chi connectivity index (χ0n) is 9.98. The second-order valence-electron chi connectivity index (χ2n) is 4.22. The lowest BCUT2D eigenvalue weighted by atomic mass is 10.1. The molecular weight excluding hydrogens is 216 g/mol. The van der Waals surface area contributed by atoms with E-state index < -0.39 is 6.10 Å². The number of carbonyl (C=O) groups excluding carboxylic acids is 1. The number of methoxy groups -OCH3 is 1. The summed E-state index contributed by atoms with van der Waals surface area (Å²) in [7, 11) is 1.56. The van der Waals surface area contributed by atoms with Gasteiger partial charge in [-0.25, -0.2) is 0 Å². The molecule has 1 aliphatic heterocycles. The lowest BCUT2D eigenvalue weighted by molar-refractivity contribution is -0.132. The highest BCUT2D eigenvalue weighted by Gasteiger charge is 2.24. The van der Waals surface area contributed by atoms with Gasteiger partial charge in [0.05, 0.1) is 0 Å².